The Morgan fingerprint density at radius 2 is 2.12 bits per heavy atom. The van der Waals surface area contributed by atoms with Crippen LogP contribution in [0, 0.1) is 5.92 Å². The van der Waals surface area contributed by atoms with Gasteiger partial charge in [0.25, 0.3) is 5.91 Å². The maximum Gasteiger partial charge on any atom is 0.345 e. The second kappa shape index (κ2) is 6.63. The summed E-state index contributed by atoms with van der Waals surface area (Å²) in [6.07, 6.45) is 2.69. The largest absolute Gasteiger partial charge is 0.345 e. The summed E-state index contributed by atoms with van der Waals surface area (Å²) in [5.74, 6) is -2.44. The third kappa shape index (κ3) is 2.66. The van der Waals surface area contributed by atoms with Gasteiger partial charge in [0, 0.05) is 18.9 Å². The maximum atomic E-state index is 12.9. The van der Waals surface area contributed by atoms with Crippen LogP contribution in [0.5, 0.6) is 0 Å². The summed E-state index contributed by atoms with van der Waals surface area (Å²) in [4.78, 5) is 43.4. The molecule has 1 aromatic rings. The summed E-state index contributed by atoms with van der Waals surface area (Å²) in [5, 5.41) is 0. The van der Waals surface area contributed by atoms with E-state index in [0.29, 0.717) is 13.0 Å². The Morgan fingerprint density at radius 3 is 2.83 bits per heavy atom. The average Bonchev–Trinajstić information content (AvgIpc) is 2.61. The van der Waals surface area contributed by atoms with E-state index in [4.69, 9.17) is 4.84 Å². The molecule has 2 heterocycles. The molecule has 2 aliphatic rings. The van der Waals surface area contributed by atoms with Crippen molar-refractivity contribution in [1.82, 2.24) is 5.48 Å². The average molecular weight is 330 g/mol. The first-order valence-corrected chi connectivity index (χ1v) is 8.51. The smallest absolute Gasteiger partial charge is 0.340 e. The van der Waals surface area contributed by atoms with E-state index in [9.17, 15) is 14.4 Å². The van der Waals surface area contributed by atoms with E-state index < -0.39 is 11.9 Å². The van der Waals surface area contributed by atoms with Crippen LogP contribution in [0.15, 0.2) is 18.2 Å². The van der Waals surface area contributed by atoms with E-state index in [1.807, 2.05) is 25.1 Å². The van der Waals surface area contributed by atoms with Gasteiger partial charge in [-0.15, -0.1) is 0 Å². The third-order valence-electron chi connectivity index (χ3n) is 4.86. The monoisotopic (exact) mass is 330 g/mol. The Labute approximate surface area is 141 Å². The van der Waals surface area contributed by atoms with Crippen molar-refractivity contribution < 1.29 is 19.2 Å². The SMILES string of the molecule is CCC(=O)NOC(=O)C1C(=O)N2CCCc3cccc(c32)C1CC. The molecule has 0 aliphatic carbocycles. The van der Waals surface area contributed by atoms with Gasteiger partial charge in [-0.3, -0.25) is 9.59 Å². The number of rotatable bonds is 3. The number of nitrogens with one attached hydrogen (secondary N) is 1. The van der Waals surface area contributed by atoms with Crippen LogP contribution in [0.2, 0.25) is 0 Å². The molecule has 6 nitrogen and oxygen atoms in total. The summed E-state index contributed by atoms with van der Waals surface area (Å²) < 4.78 is 0. The second-order valence-corrected chi connectivity index (χ2v) is 6.24. The number of anilines is 1. The maximum absolute atomic E-state index is 12.9. The van der Waals surface area contributed by atoms with E-state index in [0.717, 1.165) is 29.7 Å². The fourth-order valence-electron chi connectivity index (χ4n) is 3.68. The highest BCUT2D eigenvalue weighted by Crippen LogP contribution is 2.45. The lowest BCUT2D eigenvalue weighted by Crippen LogP contribution is -2.50. The highest BCUT2D eigenvalue weighted by atomic mass is 16.7. The molecule has 1 N–H and O–H groups in total. The minimum absolute atomic E-state index is 0.210. The molecule has 0 spiro atoms. The number of amides is 2. The van der Waals surface area contributed by atoms with Crippen LogP contribution in [0.3, 0.4) is 0 Å². The summed E-state index contributed by atoms with van der Waals surface area (Å²) in [7, 11) is 0. The van der Waals surface area contributed by atoms with Gasteiger partial charge in [-0.1, -0.05) is 32.0 Å². The van der Waals surface area contributed by atoms with Crippen molar-refractivity contribution in [1.29, 1.82) is 0 Å². The van der Waals surface area contributed by atoms with Gasteiger partial charge in [0.1, 0.15) is 5.92 Å². The Bertz CT molecular complexity index is 686. The van der Waals surface area contributed by atoms with Crippen molar-refractivity contribution in [2.45, 2.75) is 45.4 Å². The third-order valence-corrected chi connectivity index (χ3v) is 4.86. The van der Waals surface area contributed by atoms with Gasteiger partial charge >= 0.3 is 5.97 Å². The van der Waals surface area contributed by atoms with Gasteiger partial charge in [-0.05, 0) is 30.4 Å². The van der Waals surface area contributed by atoms with E-state index in [1.165, 1.54) is 0 Å². The fraction of sp³-hybridized carbons (Fsp3) is 0.500. The van der Waals surface area contributed by atoms with Gasteiger partial charge in [-0.25, -0.2) is 4.79 Å². The minimum atomic E-state index is -0.909. The van der Waals surface area contributed by atoms with Crippen molar-refractivity contribution >= 4 is 23.5 Å². The minimum Gasteiger partial charge on any atom is -0.340 e. The van der Waals surface area contributed by atoms with Crippen LogP contribution in [-0.2, 0) is 25.6 Å². The molecule has 2 atom stereocenters. The van der Waals surface area contributed by atoms with Crippen molar-refractivity contribution in [3.63, 3.8) is 0 Å². The molecular formula is C18H22N2O4. The van der Waals surface area contributed by atoms with Crippen molar-refractivity contribution in [3.8, 4) is 0 Å². The number of hydrogen-bond donors (Lipinski definition) is 1. The molecule has 6 heteroatoms. The van der Waals surface area contributed by atoms with Gasteiger partial charge in [0.05, 0.1) is 5.69 Å². The molecular weight excluding hydrogens is 308 g/mol. The summed E-state index contributed by atoms with van der Waals surface area (Å²) in [6.45, 7) is 4.24. The predicted molar refractivity (Wildman–Crippen MR) is 88.2 cm³/mol. The zero-order valence-electron chi connectivity index (χ0n) is 14.0. The van der Waals surface area contributed by atoms with E-state index in [2.05, 4.69) is 5.48 Å². The number of benzene rings is 1. The Kier molecular flexibility index (Phi) is 4.55. The molecule has 0 fully saturated rings. The highest BCUT2D eigenvalue weighted by molar-refractivity contribution is 6.10. The molecule has 2 aliphatic heterocycles. The van der Waals surface area contributed by atoms with Crippen molar-refractivity contribution in [2.75, 3.05) is 11.4 Å². The molecule has 24 heavy (non-hydrogen) atoms. The van der Waals surface area contributed by atoms with Crippen LogP contribution in [0.1, 0.15) is 50.2 Å². The highest BCUT2D eigenvalue weighted by Gasteiger charge is 2.46. The molecule has 0 radical (unpaired) electrons. The summed E-state index contributed by atoms with van der Waals surface area (Å²) >= 11 is 0. The van der Waals surface area contributed by atoms with Crippen LogP contribution in [0.25, 0.3) is 0 Å². The lowest BCUT2D eigenvalue weighted by atomic mass is 9.76. The lowest BCUT2D eigenvalue weighted by molar-refractivity contribution is -0.165. The van der Waals surface area contributed by atoms with Crippen LogP contribution >= 0.6 is 0 Å². The van der Waals surface area contributed by atoms with Crippen LogP contribution in [0.4, 0.5) is 5.69 Å². The first-order chi connectivity index (χ1) is 11.6. The van der Waals surface area contributed by atoms with Gasteiger partial charge in [-0.2, -0.15) is 5.48 Å². The number of hydroxylamine groups is 1. The number of carbonyl (C=O) groups is 3. The van der Waals surface area contributed by atoms with Gasteiger partial charge in [0.15, 0.2) is 0 Å². The van der Waals surface area contributed by atoms with Gasteiger partial charge < -0.3 is 9.74 Å². The molecule has 0 saturated heterocycles. The molecule has 3 rings (SSSR count). The topological polar surface area (TPSA) is 75.7 Å². The number of para-hydroxylation sites is 1. The summed E-state index contributed by atoms with van der Waals surface area (Å²) in [6, 6.07) is 6.02. The first kappa shape index (κ1) is 16.5. The molecule has 0 saturated carbocycles. The number of hydrogen-bond acceptors (Lipinski definition) is 4. The standard InChI is InChI=1S/C18H22N2O4/c1-3-12-13-9-5-7-11-8-6-10-20(16(11)13)17(22)15(12)18(23)24-19-14(21)4-2/h5,7,9,12,15H,3-4,6,8,10H2,1-2H3,(H,19,21). The lowest BCUT2D eigenvalue weighted by Gasteiger charge is -2.41. The van der Waals surface area contributed by atoms with Crippen molar-refractivity contribution in [3.05, 3.63) is 29.3 Å². The molecule has 2 amide bonds. The molecule has 128 valence electrons. The van der Waals surface area contributed by atoms with E-state index in [-0.39, 0.29) is 24.2 Å². The predicted octanol–water partition coefficient (Wildman–Crippen LogP) is 2.07. The van der Waals surface area contributed by atoms with Crippen LogP contribution < -0.4 is 10.4 Å². The Morgan fingerprint density at radius 1 is 1.33 bits per heavy atom. The Hall–Kier alpha value is -2.37. The van der Waals surface area contributed by atoms with E-state index >= 15 is 0 Å². The number of aryl methyl sites for hydroxylation is 1. The number of carbonyl (C=O) groups excluding carboxylic acids is 3. The van der Waals surface area contributed by atoms with Crippen molar-refractivity contribution in [2.24, 2.45) is 5.92 Å². The molecule has 0 bridgehead atoms. The van der Waals surface area contributed by atoms with Crippen LogP contribution in [-0.4, -0.2) is 24.3 Å². The molecule has 0 aromatic heterocycles. The quantitative estimate of drug-likeness (QED) is 0.680. The summed E-state index contributed by atoms with van der Waals surface area (Å²) in [5.41, 5.74) is 5.28. The first-order valence-electron chi connectivity index (χ1n) is 8.51. The zero-order valence-corrected chi connectivity index (χ0v) is 14.0. The molecule has 1 aromatic carbocycles. The number of nitrogens with zero attached hydrogens (tertiary/aromatic N) is 1. The second-order valence-electron chi connectivity index (χ2n) is 6.24. The molecule has 2 unspecified atom stereocenters. The fourth-order valence-corrected chi connectivity index (χ4v) is 3.68. The van der Waals surface area contributed by atoms with E-state index in [1.54, 1.807) is 11.8 Å². The Balaban J connectivity index is 1.95. The zero-order chi connectivity index (χ0) is 17.3. The normalized spacial score (nSPS) is 21.9. The van der Waals surface area contributed by atoms with Gasteiger partial charge in [0.2, 0.25) is 5.91 Å².